The lowest BCUT2D eigenvalue weighted by Crippen LogP contribution is -2.38. The number of carbonyl (C=O) groups is 1. The number of aliphatic hydroxyl groups is 1. The van der Waals surface area contributed by atoms with Crippen LogP contribution in [-0.4, -0.2) is 47.6 Å². The summed E-state index contributed by atoms with van der Waals surface area (Å²) < 4.78 is 44.8. The molecule has 1 aliphatic rings. The van der Waals surface area contributed by atoms with Crippen molar-refractivity contribution in [1.82, 2.24) is 4.90 Å². The van der Waals surface area contributed by atoms with Crippen molar-refractivity contribution in [2.75, 3.05) is 19.8 Å². The van der Waals surface area contributed by atoms with Crippen molar-refractivity contribution in [1.29, 1.82) is 0 Å². The van der Waals surface area contributed by atoms with Gasteiger partial charge in [-0.3, -0.25) is 4.79 Å². The number of aliphatic hydroxyl groups excluding tert-OH is 1. The van der Waals surface area contributed by atoms with Crippen molar-refractivity contribution >= 4 is 17.5 Å². The zero-order valence-electron chi connectivity index (χ0n) is 11.6. The van der Waals surface area contributed by atoms with Gasteiger partial charge in [0.25, 0.3) is 5.92 Å². The number of halogens is 4. The smallest absolute Gasteiger partial charge is 0.267 e. The van der Waals surface area contributed by atoms with E-state index < -0.39 is 43.3 Å². The summed E-state index contributed by atoms with van der Waals surface area (Å²) in [4.78, 5) is 12.9. The lowest BCUT2D eigenvalue weighted by Gasteiger charge is -2.22. The molecule has 1 amide bonds. The first-order valence-corrected chi connectivity index (χ1v) is 7.06. The monoisotopic (exact) mass is 337 g/mol. The molecule has 0 bridgehead atoms. The van der Waals surface area contributed by atoms with Gasteiger partial charge < -0.3 is 14.7 Å². The van der Waals surface area contributed by atoms with E-state index in [4.69, 9.17) is 21.4 Å². The quantitative estimate of drug-likeness (QED) is 0.898. The van der Waals surface area contributed by atoms with Gasteiger partial charge in [0.15, 0.2) is 0 Å². The van der Waals surface area contributed by atoms with Gasteiger partial charge in [0, 0.05) is 12.5 Å². The van der Waals surface area contributed by atoms with E-state index in [0.717, 1.165) is 11.0 Å². The van der Waals surface area contributed by atoms with E-state index in [1.165, 1.54) is 12.1 Å². The number of benzene rings is 1. The van der Waals surface area contributed by atoms with Crippen LogP contribution in [0, 0.1) is 5.82 Å². The largest absolute Gasteiger partial charge is 0.493 e. The van der Waals surface area contributed by atoms with E-state index in [2.05, 4.69) is 0 Å². The van der Waals surface area contributed by atoms with E-state index in [-0.39, 0.29) is 23.8 Å². The van der Waals surface area contributed by atoms with Crippen LogP contribution < -0.4 is 4.74 Å². The highest BCUT2D eigenvalue weighted by Gasteiger charge is 2.46. The van der Waals surface area contributed by atoms with Crippen LogP contribution in [0.1, 0.15) is 12.8 Å². The summed E-state index contributed by atoms with van der Waals surface area (Å²) >= 11 is 5.59. The zero-order valence-corrected chi connectivity index (χ0v) is 12.3. The topological polar surface area (TPSA) is 49.8 Å². The lowest BCUT2D eigenvalue weighted by atomic mass is 10.2. The third kappa shape index (κ3) is 4.04. The Bertz CT molecular complexity index is 556. The highest BCUT2D eigenvalue weighted by Crippen LogP contribution is 2.32. The molecule has 1 unspecified atom stereocenters. The average molecular weight is 338 g/mol. The van der Waals surface area contributed by atoms with E-state index in [0.29, 0.717) is 0 Å². The molecule has 0 spiro atoms. The molecule has 0 saturated carbocycles. The van der Waals surface area contributed by atoms with Crippen molar-refractivity contribution < 1.29 is 27.8 Å². The summed E-state index contributed by atoms with van der Waals surface area (Å²) in [5.74, 6) is -3.81. The molecule has 8 heteroatoms. The Balaban J connectivity index is 1.86. The molecule has 0 radical (unpaired) electrons. The van der Waals surface area contributed by atoms with Crippen molar-refractivity contribution in [3.05, 3.63) is 29.0 Å². The molecule has 122 valence electrons. The van der Waals surface area contributed by atoms with Gasteiger partial charge in [0.2, 0.25) is 5.91 Å². The number of ether oxygens (including phenoxy) is 1. The van der Waals surface area contributed by atoms with Crippen molar-refractivity contribution in [3.63, 3.8) is 0 Å². The molecule has 1 N–H and O–H groups in total. The maximum atomic E-state index is 13.3. The second kappa shape index (κ2) is 6.75. The molecular weight excluding hydrogens is 323 g/mol. The van der Waals surface area contributed by atoms with Gasteiger partial charge in [-0.25, -0.2) is 13.2 Å². The van der Waals surface area contributed by atoms with Crippen LogP contribution in [0.5, 0.6) is 5.75 Å². The molecule has 1 fully saturated rings. The van der Waals surface area contributed by atoms with Gasteiger partial charge in [0.05, 0.1) is 37.2 Å². The van der Waals surface area contributed by atoms with Crippen molar-refractivity contribution in [2.45, 2.75) is 24.8 Å². The SMILES string of the molecule is O=C(CCOc1ccc(F)c(Cl)c1)N1CC(F)(F)CC1CO. The minimum atomic E-state index is -2.98. The molecule has 1 heterocycles. The standard InChI is InChI=1S/C14H15ClF3NO3/c15-11-5-10(1-2-12(11)16)22-4-3-13(21)19-8-14(17,18)6-9(19)7-20/h1-2,5,9,20H,3-4,6-8H2. The number of likely N-dealkylation sites (tertiary alicyclic amines) is 1. The predicted molar refractivity (Wildman–Crippen MR) is 73.7 cm³/mol. The Morgan fingerprint density at radius 2 is 2.23 bits per heavy atom. The van der Waals surface area contributed by atoms with E-state index >= 15 is 0 Å². The second-order valence-corrected chi connectivity index (χ2v) is 5.50. The average Bonchev–Trinajstić information content (AvgIpc) is 2.78. The minimum Gasteiger partial charge on any atom is -0.493 e. The fraction of sp³-hybridized carbons (Fsp3) is 0.500. The van der Waals surface area contributed by atoms with Gasteiger partial charge in [-0.05, 0) is 12.1 Å². The molecule has 1 aliphatic heterocycles. The van der Waals surface area contributed by atoms with Crippen LogP contribution in [0.15, 0.2) is 18.2 Å². The highest BCUT2D eigenvalue weighted by molar-refractivity contribution is 6.30. The predicted octanol–water partition coefficient (Wildman–Crippen LogP) is 2.48. The fourth-order valence-corrected chi connectivity index (χ4v) is 2.49. The molecule has 4 nitrogen and oxygen atoms in total. The second-order valence-electron chi connectivity index (χ2n) is 5.09. The summed E-state index contributed by atoms with van der Waals surface area (Å²) in [6.07, 6.45) is -0.661. The van der Waals surface area contributed by atoms with Gasteiger partial charge in [-0.2, -0.15) is 0 Å². The zero-order chi connectivity index (χ0) is 16.3. The number of nitrogens with zero attached hydrogens (tertiary/aromatic N) is 1. The Morgan fingerprint density at radius 1 is 1.50 bits per heavy atom. The van der Waals surface area contributed by atoms with Crippen molar-refractivity contribution in [3.8, 4) is 5.75 Å². The maximum absolute atomic E-state index is 13.3. The Kier molecular flexibility index (Phi) is 5.18. The first-order chi connectivity index (χ1) is 10.3. The number of alkyl halides is 2. The third-order valence-corrected chi connectivity index (χ3v) is 3.67. The van der Waals surface area contributed by atoms with Crippen LogP contribution in [0.25, 0.3) is 0 Å². The van der Waals surface area contributed by atoms with Gasteiger partial charge in [0.1, 0.15) is 11.6 Å². The van der Waals surface area contributed by atoms with E-state index in [1.54, 1.807) is 0 Å². The van der Waals surface area contributed by atoms with Crippen LogP contribution in [0.3, 0.4) is 0 Å². The number of hydrogen-bond acceptors (Lipinski definition) is 3. The lowest BCUT2D eigenvalue weighted by molar-refractivity contribution is -0.134. The van der Waals surface area contributed by atoms with Crippen molar-refractivity contribution in [2.24, 2.45) is 0 Å². The van der Waals surface area contributed by atoms with Crippen LogP contribution >= 0.6 is 11.6 Å². The Labute approximate surface area is 130 Å². The molecule has 1 aromatic carbocycles. The third-order valence-electron chi connectivity index (χ3n) is 3.38. The number of rotatable bonds is 5. The molecule has 1 aromatic rings. The van der Waals surface area contributed by atoms with Crippen LogP contribution in [0.4, 0.5) is 13.2 Å². The summed E-state index contributed by atoms with van der Waals surface area (Å²) in [7, 11) is 0. The molecule has 22 heavy (non-hydrogen) atoms. The van der Waals surface area contributed by atoms with Crippen LogP contribution in [0.2, 0.25) is 5.02 Å². The fourth-order valence-electron chi connectivity index (χ4n) is 2.32. The molecular formula is C14H15ClF3NO3. The molecule has 2 rings (SSSR count). The summed E-state index contributed by atoms with van der Waals surface area (Å²) in [6, 6.07) is 2.87. The molecule has 0 aliphatic carbocycles. The first kappa shape index (κ1) is 16.9. The maximum Gasteiger partial charge on any atom is 0.267 e. The number of carbonyl (C=O) groups excluding carboxylic acids is 1. The van der Waals surface area contributed by atoms with E-state index in [9.17, 15) is 18.0 Å². The van der Waals surface area contributed by atoms with Gasteiger partial charge in [-0.1, -0.05) is 11.6 Å². The summed E-state index contributed by atoms with van der Waals surface area (Å²) in [6.45, 7) is -1.25. The number of hydrogen-bond donors (Lipinski definition) is 1. The minimum absolute atomic E-state index is 0.0545. The molecule has 0 aromatic heterocycles. The molecule has 1 saturated heterocycles. The number of amides is 1. The van der Waals surface area contributed by atoms with Gasteiger partial charge in [-0.15, -0.1) is 0 Å². The Morgan fingerprint density at radius 3 is 2.86 bits per heavy atom. The Hall–Kier alpha value is -1.47. The molecule has 1 atom stereocenters. The summed E-state index contributed by atoms with van der Waals surface area (Å²) in [5, 5.41) is 8.96. The normalized spacial score (nSPS) is 20.2. The summed E-state index contributed by atoms with van der Waals surface area (Å²) in [5.41, 5.74) is 0. The van der Waals surface area contributed by atoms with Gasteiger partial charge >= 0.3 is 0 Å². The first-order valence-electron chi connectivity index (χ1n) is 6.68. The van der Waals surface area contributed by atoms with Crippen LogP contribution in [-0.2, 0) is 4.79 Å². The highest BCUT2D eigenvalue weighted by atomic mass is 35.5. The van der Waals surface area contributed by atoms with E-state index in [1.807, 2.05) is 0 Å².